The summed E-state index contributed by atoms with van der Waals surface area (Å²) in [4.78, 5) is 54.1. The van der Waals surface area contributed by atoms with E-state index in [4.69, 9.17) is 9.47 Å². The van der Waals surface area contributed by atoms with Crippen LogP contribution in [0.25, 0.3) is 0 Å². The molecule has 0 N–H and O–H groups in total. The lowest BCUT2D eigenvalue weighted by atomic mass is 10.0. The molecular formula is C26H34N4O7. The molecule has 1 saturated heterocycles. The summed E-state index contributed by atoms with van der Waals surface area (Å²) in [5.74, 6) is -1.32. The summed E-state index contributed by atoms with van der Waals surface area (Å²) in [6.07, 6.45) is 0. The maximum atomic E-state index is 13.6. The highest BCUT2D eigenvalue weighted by Gasteiger charge is 2.29. The van der Waals surface area contributed by atoms with Gasteiger partial charge in [-0.3, -0.25) is 24.6 Å². The van der Waals surface area contributed by atoms with E-state index in [0.717, 1.165) is 0 Å². The van der Waals surface area contributed by atoms with Gasteiger partial charge >= 0.3 is 5.97 Å². The van der Waals surface area contributed by atoms with Crippen LogP contribution >= 0.6 is 0 Å². The van der Waals surface area contributed by atoms with Gasteiger partial charge in [-0.2, -0.15) is 0 Å². The number of Topliss-reactive ketones (excluding diaryl/α,β-unsaturated/α-hetero) is 1. The molecule has 200 valence electrons. The number of hydrogen-bond acceptors (Lipinski definition) is 8. The molecule has 0 bridgehead atoms. The van der Waals surface area contributed by atoms with Gasteiger partial charge in [0.1, 0.15) is 5.69 Å². The number of methoxy groups -OCH3 is 1. The maximum absolute atomic E-state index is 13.6. The molecule has 0 unspecified atom stereocenters. The van der Waals surface area contributed by atoms with Crippen LogP contribution in [0.2, 0.25) is 0 Å². The minimum Gasteiger partial charge on any atom is -0.464 e. The molecule has 11 heteroatoms. The van der Waals surface area contributed by atoms with Crippen LogP contribution < -0.4 is 0 Å². The summed E-state index contributed by atoms with van der Waals surface area (Å²) in [5, 5.41) is 11.4. The number of morpholine rings is 1. The van der Waals surface area contributed by atoms with Crippen LogP contribution in [0.1, 0.15) is 54.9 Å². The lowest BCUT2D eigenvalue weighted by Gasteiger charge is -2.30. The van der Waals surface area contributed by atoms with Crippen LogP contribution in [0.4, 0.5) is 5.69 Å². The molecule has 0 radical (unpaired) electrons. The standard InChI is InChI=1S/C26H34N4O7/c1-6-29-19(4)23(18(3)24(29)26(33)36-5)22(31)16-28(10-9-27-11-13-37-14-12-27)25(32)20-8-7-17(2)21(15-20)30(34)35/h7-8,15H,6,9-14,16H2,1-5H3. The van der Waals surface area contributed by atoms with Crippen LogP contribution in [0.15, 0.2) is 18.2 Å². The number of rotatable bonds is 10. The van der Waals surface area contributed by atoms with E-state index < -0.39 is 16.8 Å². The lowest BCUT2D eigenvalue weighted by molar-refractivity contribution is -0.385. The molecule has 1 fully saturated rings. The Morgan fingerprint density at radius 1 is 1.16 bits per heavy atom. The number of carbonyl (C=O) groups excluding carboxylic acids is 3. The highest BCUT2D eigenvalue weighted by atomic mass is 16.6. The number of amides is 1. The highest BCUT2D eigenvalue weighted by Crippen LogP contribution is 2.25. The number of ketones is 1. The van der Waals surface area contributed by atoms with E-state index in [1.807, 2.05) is 6.92 Å². The monoisotopic (exact) mass is 514 g/mol. The van der Waals surface area contributed by atoms with Gasteiger partial charge in [0.25, 0.3) is 11.6 Å². The molecule has 1 aliphatic rings. The van der Waals surface area contributed by atoms with Crippen LogP contribution in [-0.2, 0) is 16.0 Å². The van der Waals surface area contributed by atoms with E-state index in [9.17, 15) is 24.5 Å². The van der Waals surface area contributed by atoms with Crippen molar-refractivity contribution in [3.05, 3.63) is 62.0 Å². The summed E-state index contributed by atoms with van der Waals surface area (Å²) in [7, 11) is 1.29. The zero-order chi connectivity index (χ0) is 27.3. The number of benzene rings is 1. The number of ether oxygens (including phenoxy) is 2. The molecule has 2 heterocycles. The lowest BCUT2D eigenvalue weighted by Crippen LogP contribution is -2.44. The van der Waals surface area contributed by atoms with Crippen molar-refractivity contribution in [2.75, 3.05) is 53.0 Å². The number of esters is 1. The first kappa shape index (κ1) is 28.0. The second-order valence-corrected chi connectivity index (χ2v) is 9.03. The number of nitrogens with zero attached hydrogens (tertiary/aromatic N) is 4. The third-order valence-electron chi connectivity index (χ3n) is 6.80. The van der Waals surface area contributed by atoms with Gasteiger partial charge in [-0.05, 0) is 39.3 Å². The number of nitro benzene ring substituents is 1. The smallest absolute Gasteiger partial charge is 0.354 e. The molecule has 1 aromatic heterocycles. The summed E-state index contributed by atoms with van der Waals surface area (Å²) >= 11 is 0. The SMILES string of the molecule is CCn1c(C)c(C(=O)CN(CCN2CCOCC2)C(=O)c2ccc(C)c([N+](=O)[O-])c2)c(C)c1C(=O)OC. The van der Waals surface area contributed by atoms with E-state index in [-0.39, 0.29) is 30.1 Å². The molecular weight excluding hydrogens is 480 g/mol. The first-order chi connectivity index (χ1) is 17.6. The summed E-state index contributed by atoms with van der Waals surface area (Å²) < 4.78 is 12.0. The Labute approximate surface area is 216 Å². The Hall–Kier alpha value is -3.57. The number of aryl methyl sites for hydroxylation is 1. The minimum atomic E-state index is -0.534. The summed E-state index contributed by atoms with van der Waals surface area (Å²) in [5.41, 5.74) is 2.24. The number of nitro groups is 1. The minimum absolute atomic E-state index is 0.141. The van der Waals surface area contributed by atoms with Crippen LogP contribution in [0.5, 0.6) is 0 Å². The molecule has 1 aliphatic heterocycles. The Balaban J connectivity index is 1.94. The summed E-state index contributed by atoms with van der Waals surface area (Å²) in [6.45, 7) is 10.6. The molecule has 0 atom stereocenters. The van der Waals surface area contributed by atoms with Gasteiger partial charge in [0.05, 0.1) is 31.8 Å². The van der Waals surface area contributed by atoms with E-state index in [1.165, 1.54) is 30.2 Å². The zero-order valence-electron chi connectivity index (χ0n) is 22.0. The average molecular weight is 515 g/mol. The summed E-state index contributed by atoms with van der Waals surface area (Å²) in [6, 6.07) is 4.32. The van der Waals surface area contributed by atoms with Gasteiger partial charge in [0.15, 0.2) is 5.78 Å². The number of carbonyl (C=O) groups is 3. The Morgan fingerprint density at radius 2 is 1.84 bits per heavy atom. The quantitative estimate of drug-likeness (QED) is 0.205. The van der Waals surface area contributed by atoms with Gasteiger partial charge in [0, 0.05) is 61.2 Å². The van der Waals surface area contributed by atoms with E-state index in [0.29, 0.717) is 67.5 Å². The second kappa shape index (κ2) is 12.1. The topological polar surface area (TPSA) is 124 Å². The van der Waals surface area contributed by atoms with Crippen molar-refractivity contribution in [3.8, 4) is 0 Å². The number of hydrogen-bond donors (Lipinski definition) is 0. The van der Waals surface area contributed by atoms with E-state index in [1.54, 1.807) is 25.3 Å². The maximum Gasteiger partial charge on any atom is 0.354 e. The van der Waals surface area contributed by atoms with Gasteiger partial charge in [-0.25, -0.2) is 4.79 Å². The zero-order valence-corrected chi connectivity index (χ0v) is 22.0. The molecule has 1 amide bonds. The molecule has 1 aromatic carbocycles. The van der Waals surface area contributed by atoms with Gasteiger partial charge in [0.2, 0.25) is 0 Å². The fraction of sp³-hybridized carbons (Fsp3) is 0.500. The first-order valence-electron chi connectivity index (χ1n) is 12.3. The Bertz CT molecular complexity index is 1200. The number of aromatic nitrogens is 1. The third kappa shape index (κ3) is 6.05. The Kier molecular flexibility index (Phi) is 9.17. The van der Waals surface area contributed by atoms with Crippen molar-refractivity contribution in [3.63, 3.8) is 0 Å². The molecule has 37 heavy (non-hydrogen) atoms. The van der Waals surface area contributed by atoms with Crippen molar-refractivity contribution in [1.82, 2.24) is 14.4 Å². The fourth-order valence-electron chi connectivity index (χ4n) is 4.77. The Morgan fingerprint density at radius 3 is 2.43 bits per heavy atom. The van der Waals surface area contributed by atoms with Crippen LogP contribution in [0, 0.1) is 30.9 Å². The van der Waals surface area contributed by atoms with E-state index in [2.05, 4.69) is 4.90 Å². The molecule has 3 rings (SSSR count). The van der Waals surface area contributed by atoms with Gasteiger partial charge in [-0.15, -0.1) is 0 Å². The average Bonchev–Trinajstić information content (AvgIpc) is 3.15. The van der Waals surface area contributed by atoms with Crippen molar-refractivity contribution in [2.45, 2.75) is 34.2 Å². The molecule has 11 nitrogen and oxygen atoms in total. The van der Waals surface area contributed by atoms with Crippen LogP contribution in [-0.4, -0.2) is 90.0 Å². The third-order valence-corrected chi connectivity index (χ3v) is 6.80. The predicted octanol–water partition coefficient (Wildman–Crippen LogP) is 2.79. The first-order valence-corrected chi connectivity index (χ1v) is 12.3. The van der Waals surface area contributed by atoms with Gasteiger partial charge in [-0.1, -0.05) is 6.07 Å². The second-order valence-electron chi connectivity index (χ2n) is 9.03. The van der Waals surface area contributed by atoms with Crippen molar-refractivity contribution in [1.29, 1.82) is 0 Å². The van der Waals surface area contributed by atoms with Crippen molar-refractivity contribution >= 4 is 23.3 Å². The fourth-order valence-corrected chi connectivity index (χ4v) is 4.77. The predicted molar refractivity (Wildman–Crippen MR) is 136 cm³/mol. The molecule has 0 saturated carbocycles. The van der Waals surface area contributed by atoms with E-state index >= 15 is 0 Å². The normalized spacial score (nSPS) is 13.9. The van der Waals surface area contributed by atoms with Crippen molar-refractivity contribution < 1.29 is 28.8 Å². The molecule has 2 aromatic rings. The van der Waals surface area contributed by atoms with Crippen molar-refractivity contribution in [2.24, 2.45) is 0 Å². The van der Waals surface area contributed by atoms with Crippen LogP contribution in [0.3, 0.4) is 0 Å². The highest BCUT2D eigenvalue weighted by molar-refractivity contribution is 6.06. The largest absolute Gasteiger partial charge is 0.464 e. The molecule has 0 spiro atoms. The molecule has 0 aliphatic carbocycles. The van der Waals surface area contributed by atoms with Gasteiger partial charge < -0.3 is 18.9 Å².